The second-order valence-corrected chi connectivity index (χ2v) is 5.80. The van der Waals surface area contributed by atoms with Gasteiger partial charge in [0.15, 0.2) is 0 Å². The summed E-state index contributed by atoms with van der Waals surface area (Å²) in [5, 5.41) is 6.21. The zero-order valence-corrected chi connectivity index (χ0v) is 15.0. The highest BCUT2D eigenvalue weighted by molar-refractivity contribution is 6.35. The number of rotatable bonds is 7. The molecule has 7 heteroatoms. The molecule has 0 saturated carbocycles. The molecule has 0 radical (unpaired) electrons. The molecule has 0 fully saturated rings. The van der Waals surface area contributed by atoms with Crippen LogP contribution in [0.5, 0.6) is 5.75 Å². The van der Waals surface area contributed by atoms with E-state index in [1.165, 1.54) is 12.5 Å². The second kappa shape index (κ2) is 9.72. The molecule has 0 atom stereocenters. The van der Waals surface area contributed by atoms with Crippen LogP contribution in [0.3, 0.4) is 0 Å². The van der Waals surface area contributed by atoms with E-state index in [2.05, 4.69) is 15.8 Å². The Kier molecular flexibility index (Phi) is 6.57. The lowest BCUT2D eigenvalue weighted by Crippen LogP contribution is -2.37. The normalized spacial score (nSPS) is 10.6. The summed E-state index contributed by atoms with van der Waals surface area (Å²) in [6.45, 7) is 0.616. The van der Waals surface area contributed by atoms with Crippen molar-refractivity contribution in [2.24, 2.45) is 5.10 Å². The maximum Gasteiger partial charge on any atom is 0.329 e. The number of carbonyl (C=O) groups excluding carboxylic acids is 2. The van der Waals surface area contributed by atoms with Gasteiger partial charge < -0.3 is 14.5 Å². The van der Waals surface area contributed by atoms with Crippen LogP contribution in [-0.2, 0) is 22.7 Å². The number of ether oxygens (including phenoxy) is 1. The number of carbonyl (C=O) groups is 2. The molecule has 3 rings (SSSR count). The monoisotopic (exact) mass is 377 g/mol. The van der Waals surface area contributed by atoms with Gasteiger partial charge in [0.2, 0.25) is 0 Å². The Bertz CT molecular complexity index is 920. The van der Waals surface area contributed by atoms with Crippen LogP contribution < -0.4 is 15.5 Å². The number of hydrogen-bond donors (Lipinski definition) is 2. The highest BCUT2D eigenvalue weighted by Gasteiger charge is 2.12. The molecule has 0 aliphatic carbocycles. The van der Waals surface area contributed by atoms with Gasteiger partial charge in [0.1, 0.15) is 18.1 Å². The topological polar surface area (TPSA) is 92.9 Å². The highest BCUT2D eigenvalue weighted by Crippen LogP contribution is 2.13. The van der Waals surface area contributed by atoms with Gasteiger partial charge in [0.05, 0.1) is 19.0 Å². The summed E-state index contributed by atoms with van der Waals surface area (Å²) in [5.74, 6) is -0.370. The summed E-state index contributed by atoms with van der Waals surface area (Å²) in [4.78, 5) is 23.3. The average molecular weight is 377 g/mol. The molecular weight excluding hydrogens is 358 g/mol. The molecule has 2 N–H and O–H groups in total. The minimum absolute atomic E-state index is 0.132. The van der Waals surface area contributed by atoms with Gasteiger partial charge in [-0.05, 0) is 47.5 Å². The molecule has 0 bridgehead atoms. The smallest absolute Gasteiger partial charge is 0.329 e. The van der Waals surface area contributed by atoms with Crippen LogP contribution in [0, 0.1) is 0 Å². The summed E-state index contributed by atoms with van der Waals surface area (Å²) in [6, 6.07) is 20.5. The fourth-order valence-corrected chi connectivity index (χ4v) is 2.27. The van der Waals surface area contributed by atoms with Crippen molar-refractivity contribution < 1.29 is 18.7 Å². The third kappa shape index (κ3) is 5.84. The molecule has 142 valence electrons. The first-order valence-corrected chi connectivity index (χ1v) is 8.61. The Balaban J connectivity index is 1.42. The van der Waals surface area contributed by atoms with Crippen molar-refractivity contribution in [1.29, 1.82) is 0 Å². The number of hydrogen-bond acceptors (Lipinski definition) is 5. The van der Waals surface area contributed by atoms with Gasteiger partial charge in [-0.2, -0.15) is 5.10 Å². The van der Waals surface area contributed by atoms with Gasteiger partial charge in [0, 0.05) is 0 Å². The standard InChI is InChI=1S/C21H19N3O4/c25-20(22-14-19-7-4-12-27-19)21(26)24-23-13-16-8-10-18(11-9-16)28-15-17-5-2-1-3-6-17/h1-13H,14-15H2,(H,22,25)(H,24,26)/b23-13-. The number of furan rings is 1. The predicted octanol–water partition coefficient (Wildman–Crippen LogP) is 2.63. The first kappa shape index (κ1) is 18.9. The zero-order chi connectivity index (χ0) is 19.6. The van der Waals surface area contributed by atoms with E-state index in [9.17, 15) is 9.59 Å². The summed E-state index contributed by atoms with van der Waals surface area (Å²) < 4.78 is 10.8. The molecule has 0 unspecified atom stereocenters. The number of nitrogens with zero attached hydrogens (tertiary/aromatic N) is 1. The Morgan fingerprint density at radius 3 is 2.46 bits per heavy atom. The molecule has 2 aromatic carbocycles. The molecule has 0 spiro atoms. The molecule has 0 saturated heterocycles. The number of hydrazone groups is 1. The maximum absolute atomic E-state index is 11.7. The van der Waals surface area contributed by atoms with Gasteiger partial charge in [-0.1, -0.05) is 30.3 Å². The van der Waals surface area contributed by atoms with E-state index >= 15 is 0 Å². The van der Waals surface area contributed by atoms with Crippen molar-refractivity contribution in [3.8, 4) is 5.75 Å². The summed E-state index contributed by atoms with van der Waals surface area (Å²) in [5.41, 5.74) is 4.02. The van der Waals surface area contributed by atoms with Crippen LogP contribution in [0.15, 0.2) is 82.5 Å². The van der Waals surface area contributed by atoms with E-state index in [0.717, 1.165) is 16.9 Å². The SMILES string of the molecule is O=C(NCc1ccco1)C(=O)N/N=C\c1ccc(OCc2ccccc2)cc1. The van der Waals surface area contributed by atoms with Crippen LogP contribution in [0.2, 0.25) is 0 Å². The predicted molar refractivity (Wildman–Crippen MR) is 104 cm³/mol. The fraction of sp³-hybridized carbons (Fsp3) is 0.0952. The molecule has 7 nitrogen and oxygen atoms in total. The molecule has 3 aromatic rings. The highest BCUT2D eigenvalue weighted by atomic mass is 16.5. The van der Waals surface area contributed by atoms with Gasteiger partial charge >= 0.3 is 11.8 Å². The van der Waals surface area contributed by atoms with E-state index in [4.69, 9.17) is 9.15 Å². The lowest BCUT2D eigenvalue weighted by molar-refractivity contribution is -0.139. The molecule has 28 heavy (non-hydrogen) atoms. The first-order chi connectivity index (χ1) is 13.7. The van der Waals surface area contributed by atoms with E-state index in [1.807, 2.05) is 42.5 Å². The summed E-state index contributed by atoms with van der Waals surface area (Å²) >= 11 is 0. The van der Waals surface area contributed by atoms with Crippen molar-refractivity contribution in [3.63, 3.8) is 0 Å². The van der Waals surface area contributed by atoms with Crippen LogP contribution >= 0.6 is 0 Å². The van der Waals surface area contributed by atoms with Crippen LogP contribution in [0.4, 0.5) is 0 Å². The molecule has 1 heterocycles. The summed E-state index contributed by atoms with van der Waals surface area (Å²) in [6.07, 6.45) is 2.93. The van der Waals surface area contributed by atoms with E-state index < -0.39 is 11.8 Å². The van der Waals surface area contributed by atoms with E-state index in [1.54, 1.807) is 24.3 Å². The van der Waals surface area contributed by atoms with Gasteiger partial charge in [-0.3, -0.25) is 9.59 Å². The van der Waals surface area contributed by atoms with Crippen molar-refractivity contribution in [2.45, 2.75) is 13.2 Å². The van der Waals surface area contributed by atoms with Crippen molar-refractivity contribution >= 4 is 18.0 Å². The van der Waals surface area contributed by atoms with Crippen LogP contribution in [-0.4, -0.2) is 18.0 Å². The lowest BCUT2D eigenvalue weighted by atomic mass is 10.2. The number of amides is 2. The quantitative estimate of drug-likeness (QED) is 0.376. The third-order valence-electron chi connectivity index (χ3n) is 3.72. The maximum atomic E-state index is 11.7. The number of nitrogens with one attached hydrogen (secondary N) is 2. The summed E-state index contributed by atoms with van der Waals surface area (Å²) in [7, 11) is 0. The molecule has 0 aliphatic rings. The Hall–Kier alpha value is -3.87. The largest absolute Gasteiger partial charge is 0.489 e. The average Bonchev–Trinajstić information content (AvgIpc) is 3.26. The minimum atomic E-state index is -0.856. The Labute approximate surface area is 162 Å². The lowest BCUT2D eigenvalue weighted by Gasteiger charge is -2.06. The van der Waals surface area contributed by atoms with Gasteiger partial charge in [0.25, 0.3) is 0 Å². The molecule has 0 aliphatic heterocycles. The van der Waals surface area contributed by atoms with Crippen molar-refractivity contribution in [3.05, 3.63) is 89.9 Å². The number of benzene rings is 2. The van der Waals surface area contributed by atoms with Gasteiger partial charge in [-0.25, -0.2) is 5.43 Å². The van der Waals surface area contributed by atoms with Crippen LogP contribution in [0.1, 0.15) is 16.9 Å². The van der Waals surface area contributed by atoms with Gasteiger partial charge in [-0.15, -0.1) is 0 Å². The first-order valence-electron chi connectivity index (χ1n) is 8.61. The molecule has 2 amide bonds. The van der Waals surface area contributed by atoms with E-state index in [0.29, 0.717) is 12.4 Å². The Morgan fingerprint density at radius 1 is 0.964 bits per heavy atom. The van der Waals surface area contributed by atoms with Crippen molar-refractivity contribution in [1.82, 2.24) is 10.7 Å². The Morgan fingerprint density at radius 2 is 1.75 bits per heavy atom. The third-order valence-corrected chi connectivity index (χ3v) is 3.72. The van der Waals surface area contributed by atoms with E-state index in [-0.39, 0.29) is 6.54 Å². The molecular formula is C21H19N3O4. The molecule has 1 aromatic heterocycles. The fourth-order valence-electron chi connectivity index (χ4n) is 2.27. The second-order valence-electron chi connectivity index (χ2n) is 5.80. The van der Waals surface area contributed by atoms with Crippen LogP contribution in [0.25, 0.3) is 0 Å². The zero-order valence-electron chi connectivity index (χ0n) is 15.0. The minimum Gasteiger partial charge on any atom is -0.489 e. The van der Waals surface area contributed by atoms with Crippen molar-refractivity contribution in [2.75, 3.05) is 0 Å².